The number of nitriles is 1. The van der Waals surface area contributed by atoms with Crippen LogP contribution in [0.25, 0.3) is 0 Å². The van der Waals surface area contributed by atoms with Gasteiger partial charge in [0, 0.05) is 4.88 Å². The molecule has 0 amide bonds. The molecular formula is C10H10BrNS. The highest BCUT2D eigenvalue weighted by atomic mass is 79.9. The fourth-order valence-electron chi connectivity index (χ4n) is 1.82. The lowest BCUT2D eigenvalue weighted by atomic mass is 10.1. The second-order valence-electron chi connectivity index (χ2n) is 3.32. The maximum absolute atomic E-state index is 8.98. The molecule has 0 N–H and O–H groups in total. The van der Waals surface area contributed by atoms with Crippen LogP contribution in [0, 0.1) is 11.3 Å². The second-order valence-corrected chi connectivity index (χ2v) is 5.75. The molecule has 0 saturated carbocycles. The number of thiophene rings is 1. The maximum atomic E-state index is 8.98. The number of aryl methyl sites for hydroxylation is 1. The zero-order chi connectivity index (χ0) is 9.26. The summed E-state index contributed by atoms with van der Waals surface area (Å²) >= 11 is 5.21. The predicted octanol–water partition coefficient (Wildman–Crippen LogP) is 3.65. The Labute approximate surface area is 90.5 Å². The molecule has 0 aromatic carbocycles. The number of rotatable bonds is 0. The molecule has 13 heavy (non-hydrogen) atoms. The van der Waals surface area contributed by atoms with Crippen molar-refractivity contribution in [1.82, 2.24) is 0 Å². The summed E-state index contributed by atoms with van der Waals surface area (Å²) in [5.74, 6) is 0. The molecule has 2 rings (SSSR count). The molecule has 1 nitrogen and oxygen atoms in total. The van der Waals surface area contributed by atoms with Crippen LogP contribution in [0.15, 0.2) is 3.79 Å². The topological polar surface area (TPSA) is 23.8 Å². The zero-order valence-corrected chi connectivity index (χ0v) is 9.67. The van der Waals surface area contributed by atoms with Gasteiger partial charge in [0.05, 0.1) is 9.35 Å². The summed E-state index contributed by atoms with van der Waals surface area (Å²) in [7, 11) is 0. The fourth-order valence-corrected chi connectivity index (χ4v) is 3.80. The van der Waals surface area contributed by atoms with Gasteiger partial charge in [-0.2, -0.15) is 5.26 Å². The third kappa shape index (κ3) is 1.66. The molecule has 1 aromatic rings. The van der Waals surface area contributed by atoms with Crippen molar-refractivity contribution in [2.24, 2.45) is 0 Å². The molecule has 3 heteroatoms. The molecule has 0 aliphatic heterocycles. The van der Waals surface area contributed by atoms with Crippen LogP contribution in [0.3, 0.4) is 0 Å². The summed E-state index contributed by atoms with van der Waals surface area (Å²) in [6, 6.07) is 2.29. The highest BCUT2D eigenvalue weighted by Crippen LogP contribution is 2.36. The normalized spacial score (nSPS) is 16.0. The van der Waals surface area contributed by atoms with E-state index in [1.807, 2.05) is 0 Å². The van der Waals surface area contributed by atoms with Gasteiger partial charge in [-0.3, -0.25) is 0 Å². The Hall–Kier alpha value is -0.330. The van der Waals surface area contributed by atoms with E-state index in [4.69, 9.17) is 5.26 Å². The number of hydrogen-bond acceptors (Lipinski definition) is 2. The van der Waals surface area contributed by atoms with Crippen molar-refractivity contribution in [2.75, 3.05) is 0 Å². The van der Waals surface area contributed by atoms with Crippen molar-refractivity contribution >= 4 is 27.3 Å². The van der Waals surface area contributed by atoms with Gasteiger partial charge in [0.25, 0.3) is 0 Å². The Balaban J connectivity index is 2.48. The number of halogens is 1. The first kappa shape index (κ1) is 9.23. The summed E-state index contributed by atoms with van der Waals surface area (Å²) in [6.45, 7) is 0. The maximum Gasteiger partial charge on any atom is 0.102 e. The van der Waals surface area contributed by atoms with Crippen LogP contribution in [0.5, 0.6) is 0 Å². The predicted molar refractivity (Wildman–Crippen MR) is 58.0 cm³/mol. The van der Waals surface area contributed by atoms with Crippen LogP contribution in [-0.4, -0.2) is 0 Å². The first-order valence-electron chi connectivity index (χ1n) is 4.53. The van der Waals surface area contributed by atoms with Crippen LogP contribution in [0.1, 0.15) is 35.3 Å². The molecule has 1 aromatic heterocycles. The molecule has 68 valence electrons. The second kappa shape index (κ2) is 3.81. The summed E-state index contributed by atoms with van der Waals surface area (Å²) in [5.41, 5.74) is 2.21. The minimum atomic E-state index is 0.891. The third-order valence-corrected chi connectivity index (χ3v) is 4.45. The average Bonchev–Trinajstić information content (AvgIpc) is 2.32. The lowest BCUT2D eigenvalue weighted by Gasteiger charge is -1.95. The summed E-state index contributed by atoms with van der Waals surface area (Å²) in [6.07, 6.45) is 6.10. The van der Waals surface area contributed by atoms with Crippen molar-refractivity contribution in [1.29, 1.82) is 5.26 Å². The van der Waals surface area contributed by atoms with E-state index in [9.17, 15) is 0 Å². The Morgan fingerprint density at radius 1 is 1.23 bits per heavy atom. The van der Waals surface area contributed by atoms with Gasteiger partial charge in [0.1, 0.15) is 6.07 Å². The van der Waals surface area contributed by atoms with Gasteiger partial charge in [-0.25, -0.2) is 0 Å². The van der Waals surface area contributed by atoms with E-state index in [-0.39, 0.29) is 0 Å². The highest BCUT2D eigenvalue weighted by Gasteiger charge is 2.17. The fraction of sp³-hybridized carbons (Fsp3) is 0.500. The first-order valence-corrected chi connectivity index (χ1v) is 6.14. The van der Waals surface area contributed by atoms with Crippen LogP contribution >= 0.6 is 27.3 Å². The van der Waals surface area contributed by atoms with Crippen molar-refractivity contribution in [3.63, 3.8) is 0 Å². The molecule has 0 unspecified atom stereocenters. The lowest BCUT2D eigenvalue weighted by Crippen LogP contribution is -1.87. The summed E-state index contributed by atoms with van der Waals surface area (Å²) < 4.78 is 1.03. The van der Waals surface area contributed by atoms with E-state index in [0.717, 1.165) is 15.8 Å². The minimum absolute atomic E-state index is 0.891. The van der Waals surface area contributed by atoms with Crippen LogP contribution in [0.4, 0.5) is 0 Å². The lowest BCUT2D eigenvalue weighted by molar-refractivity contribution is 0.712. The molecule has 1 aliphatic carbocycles. The largest absolute Gasteiger partial charge is 0.192 e. The number of hydrogen-bond donors (Lipinski definition) is 0. The molecular weight excluding hydrogens is 246 g/mol. The molecule has 1 heterocycles. The van der Waals surface area contributed by atoms with Gasteiger partial charge in [0.15, 0.2) is 0 Å². The number of nitrogens with zero attached hydrogens (tertiary/aromatic N) is 1. The standard InChI is InChI=1S/C10H10BrNS/c11-10-8(6-12)7-4-2-1-3-5-9(7)13-10/h1-5H2. The molecule has 0 fully saturated rings. The smallest absolute Gasteiger partial charge is 0.102 e. The van der Waals surface area contributed by atoms with E-state index in [2.05, 4.69) is 22.0 Å². The molecule has 0 bridgehead atoms. The van der Waals surface area contributed by atoms with E-state index in [1.165, 1.54) is 36.1 Å². The Bertz CT molecular complexity index is 362. The van der Waals surface area contributed by atoms with E-state index in [0.29, 0.717) is 0 Å². The van der Waals surface area contributed by atoms with Gasteiger partial charge < -0.3 is 0 Å². The monoisotopic (exact) mass is 255 g/mol. The Morgan fingerprint density at radius 2 is 2.00 bits per heavy atom. The summed E-state index contributed by atoms with van der Waals surface area (Å²) in [4.78, 5) is 1.43. The van der Waals surface area contributed by atoms with Gasteiger partial charge in [0.2, 0.25) is 0 Å². The zero-order valence-electron chi connectivity index (χ0n) is 7.27. The average molecular weight is 256 g/mol. The molecule has 1 aliphatic rings. The van der Waals surface area contributed by atoms with Crippen molar-refractivity contribution in [2.45, 2.75) is 32.1 Å². The van der Waals surface area contributed by atoms with Gasteiger partial charge >= 0.3 is 0 Å². The van der Waals surface area contributed by atoms with Crippen LogP contribution in [-0.2, 0) is 12.8 Å². The third-order valence-electron chi connectivity index (χ3n) is 2.49. The van der Waals surface area contributed by atoms with Gasteiger partial charge in [-0.05, 0) is 47.2 Å². The molecule has 0 spiro atoms. The van der Waals surface area contributed by atoms with E-state index in [1.54, 1.807) is 11.3 Å². The van der Waals surface area contributed by atoms with E-state index < -0.39 is 0 Å². The van der Waals surface area contributed by atoms with Crippen molar-refractivity contribution in [3.8, 4) is 6.07 Å². The van der Waals surface area contributed by atoms with Crippen molar-refractivity contribution in [3.05, 3.63) is 19.8 Å². The summed E-state index contributed by atoms with van der Waals surface area (Å²) in [5, 5.41) is 8.98. The Morgan fingerprint density at radius 3 is 2.77 bits per heavy atom. The number of fused-ring (bicyclic) bond motifs is 1. The van der Waals surface area contributed by atoms with Gasteiger partial charge in [-0.15, -0.1) is 11.3 Å². The molecule has 0 atom stereocenters. The molecule has 0 saturated heterocycles. The first-order chi connectivity index (χ1) is 6.33. The van der Waals surface area contributed by atoms with Crippen LogP contribution in [0.2, 0.25) is 0 Å². The highest BCUT2D eigenvalue weighted by molar-refractivity contribution is 9.11. The molecule has 0 radical (unpaired) electrons. The SMILES string of the molecule is N#Cc1c(Br)sc2c1CCCCC2. The van der Waals surface area contributed by atoms with Gasteiger partial charge in [-0.1, -0.05) is 6.42 Å². The van der Waals surface area contributed by atoms with E-state index >= 15 is 0 Å². The minimum Gasteiger partial charge on any atom is -0.192 e. The quantitative estimate of drug-likeness (QED) is 0.650. The van der Waals surface area contributed by atoms with Crippen molar-refractivity contribution < 1.29 is 0 Å². The van der Waals surface area contributed by atoms with Crippen LogP contribution < -0.4 is 0 Å². The Kier molecular flexibility index (Phi) is 2.71.